The molecule has 9 heteroatoms. The average molecular weight is 507 g/mol. The Morgan fingerprint density at radius 2 is 1.73 bits per heavy atom. The molecule has 1 aliphatic heterocycles. The molecule has 0 aliphatic carbocycles. The van der Waals surface area contributed by atoms with Crippen LogP contribution in [0, 0.1) is 0 Å². The largest absolute Gasteiger partial charge is 0.508 e. The van der Waals surface area contributed by atoms with Gasteiger partial charge in [0, 0.05) is 21.5 Å². The monoisotopic (exact) mass is 505 g/mol. The highest BCUT2D eigenvalue weighted by molar-refractivity contribution is 9.10. The number of sulfonamides is 1. The minimum Gasteiger partial charge on any atom is -0.508 e. The zero-order chi connectivity index (χ0) is 21.5. The molecular weight excluding hydrogens is 490 g/mol. The molecule has 0 aromatic heterocycles. The number of nitrogens with zero attached hydrogens (tertiary/aromatic N) is 2. The maximum absolute atomic E-state index is 11.6. The highest BCUT2D eigenvalue weighted by atomic mass is 79.9. The number of phenols is 1. The fourth-order valence-corrected chi connectivity index (χ4v) is 4.41. The summed E-state index contributed by atoms with van der Waals surface area (Å²) in [5.41, 5.74) is 3.12. The first-order valence-electron chi connectivity index (χ1n) is 8.96. The lowest BCUT2D eigenvalue weighted by atomic mass is 9.97. The second-order valence-electron chi connectivity index (χ2n) is 6.86. The Labute approximate surface area is 187 Å². The van der Waals surface area contributed by atoms with E-state index < -0.39 is 10.0 Å². The van der Waals surface area contributed by atoms with E-state index in [4.69, 9.17) is 21.8 Å². The van der Waals surface area contributed by atoms with Crippen LogP contribution in [0.15, 0.2) is 81.2 Å². The SMILES string of the molecule is NS(=O)(=O)c1ccc(N2N=C(c3ccc(Cl)cc3)CC2c2cc(Br)ccc2O)cc1. The van der Waals surface area contributed by atoms with Crippen molar-refractivity contribution < 1.29 is 13.5 Å². The minimum absolute atomic E-state index is 0.0224. The maximum atomic E-state index is 11.6. The molecule has 3 aromatic rings. The van der Waals surface area contributed by atoms with Crippen molar-refractivity contribution in [3.63, 3.8) is 0 Å². The summed E-state index contributed by atoms with van der Waals surface area (Å²) in [6, 6.07) is 18.5. The van der Waals surface area contributed by atoms with Crippen LogP contribution >= 0.6 is 27.5 Å². The van der Waals surface area contributed by atoms with Crippen molar-refractivity contribution in [2.45, 2.75) is 17.4 Å². The predicted octanol–water partition coefficient (Wildman–Crippen LogP) is 4.81. The van der Waals surface area contributed by atoms with Crippen LogP contribution in [-0.4, -0.2) is 19.2 Å². The van der Waals surface area contributed by atoms with Crippen molar-refractivity contribution in [2.24, 2.45) is 10.2 Å². The number of rotatable bonds is 4. The van der Waals surface area contributed by atoms with Crippen LogP contribution in [-0.2, 0) is 10.0 Å². The molecule has 6 nitrogen and oxygen atoms in total. The van der Waals surface area contributed by atoms with Gasteiger partial charge in [-0.2, -0.15) is 5.10 Å². The molecule has 1 heterocycles. The minimum atomic E-state index is -3.79. The van der Waals surface area contributed by atoms with Crippen LogP contribution in [0.25, 0.3) is 0 Å². The first kappa shape index (κ1) is 20.9. The van der Waals surface area contributed by atoms with Crippen molar-refractivity contribution >= 4 is 49.0 Å². The molecule has 1 unspecified atom stereocenters. The van der Waals surface area contributed by atoms with E-state index in [0.29, 0.717) is 22.7 Å². The van der Waals surface area contributed by atoms with Crippen molar-refractivity contribution in [1.82, 2.24) is 0 Å². The molecule has 0 saturated heterocycles. The first-order chi connectivity index (χ1) is 14.2. The normalized spacial score (nSPS) is 16.6. The summed E-state index contributed by atoms with van der Waals surface area (Å²) in [6.07, 6.45) is 0.544. The average Bonchev–Trinajstić information content (AvgIpc) is 3.15. The third kappa shape index (κ3) is 4.22. The number of benzene rings is 3. The van der Waals surface area contributed by atoms with Gasteiger partial charge in [-0.25, -0.2) is 13.6 Å². The number of primary sulfonamides is 1. The summed E-state index contributed by atoms with van der Waals surface area (Å²) >= 11 is 9.47. The predicted molar refractivity (Wildman–Crippen MR) is 121 cm³/mol. The number of hydrogen-bond donors (Lipinski definition) is 2. The van der Waals surface area contributed by atoms with Crippen molar-refractivity contribution in [1.29, 1.82) is 0 Å². The molecule has 3 N–H and O–H groups in total. The van der Waals surface area contributed by atoms with E-state index in [2.05, 4.69) is 15.9 Å². The topological polar surface area (TPSA) is 96.0 Å². The van der Waals surface area contributed by atoms with Crippen molar-refractivity contribution in [3.05, 3.63) is 87.4 Å². The molecule has 0 bridgehead atoms. The van der Waals surface area contributed by atoms with Gasteiger partial charge in [0.1, 0.15) is 5.75 Å². The molecule has 1 atom stereocenters. The lowest BCUT2D eigenvalue weighted by molar-refractivity contribution is 0.461. The number of halogens is 2. The van der Waals surface area contributed by atoms with Crippen LogP contribution in [0.4, 0.5) is 5.69 Å². The van der Waals surface area contributed by atoms with E-state index in [1.165, 1.54) is 12.1 Å². The smallest absolute Gasteiger partial charge is 0.238 e. The lowest BCUT2D eigenvalue weighted by Crippen LogP contribution is -2.19. The number of nitrogens with two attached hydrogens (primary N) is 1. The third-order valence-corrected chi connectivity index (χ3v) is 6.54. The van der Waals surface area contributed by atoms with Gasteiger partial charge in [-0.3, -0.25) is 5.01 Å². The van der Waals surface area contributed by atoms with Crippen molar-refractivity contribution in [3.8, 4) is 5.75 Å². The Morgan fingerprint density at radius 1 is 1.07 bits per heavy atom. The van der Waals surface area contributed by atoms with Crippen LogP contribution in [0.2, 0.25) is 5.02 Å². The Hall–Kier alpha value is -2.39. The molecule has 4 rings (SSSR count). The van der Waals surface area contributed by atoms with Gasteiger partial charge in [0.15, 0.2) is 0 Å². The lowest BCUT2D eigenvalue weighted by Gasteiger charge is -2.25. The standard InChI is InChI=1S/C21H17BrClN3O3S/c22-14-3-10-21(27)18(11-14)20-12-19(13-1-4-15(23)5-2-13)25-26(20)16-6-8-17(9-7-16)30(24,28)29/h1-11,20,27H,12H2,(H2,24,28,29). The number of hydrazone groups is 1. The van der Waals surface area contributed by atoms with Gasteiger partial charge < -0.3 is 5.11 Å². The molecule has 1 aliphatic rings. The van der Waals surface area contributed by atoms with E-state index in [0.717, 1.165) is 15.7 Å². The molecule has 0 spiro atoms. The fourth-order valence-electron chi connectivity index (χ4n) is 3.39. The molecule has 0 fully saturated rings. The van der Waals surface area contributed by atoms with Gasteiger partial charge in [-0.05, 0) is 60.2 Å². The van der Waals surface area contributed by atoms with Crippen LogP contribution in [0.5, 0.6) is 5.75 Å². The molecule has 0 saturated carbocycles. The summed E-state index contributed by atoms with van der Waals surface area (Å²) < 4.78 is 24.0. The van der Waals surface area contributed by atoms with Gasteiger partial charge in [0.05, 0.1) is 22.3 Å². The summed E-state index contributed by atoms with van der Waals surface area (Å²) in [7, 11) is -3.79. The van der Waals surface area contributed by atoms with Crippen LogP contribution in [0.1, 0.15) is 23.6 Å². The summed E-state index contributed by atoms with van der Waals surface area (Å²) in [4.78, 5) is 0.0224. The van der Waals surface area contributed by atoms with Crippen LogP contribution in [0.3, 0.4) is 0 Å². The van der Waals surface area contributed by atoms with E-state index in [9.17, 15) is 13.5 Å². The molecule has 0 amide bonds. The summed E-state index contributed by atoms with van der Waals surface area (Å²) in [6.45, 7) is 0. The van der Waals surface area contributed by atoms with Gasteiger partial charge in [-0.15, -0.1) is 0 Å². The van der Waals surface area contributed by atoms with Gasteiger partial charge in [-0.1, -0.05) is 39.7 Å². The highest BCUT2D eigenvalue weighted by Crippen LogP contribution is 2.41. The quantitative estimate of drug-likeness (QED) is 0.531. The van der Waals surface area contributed by atoms with E-state index in [1.54, 1.807) is 41.4 Å². The second kappa shape index (κ2) is 8.03. The van der Waals surface area contributed by atoms with Gasteiger partial charge >= 0.3 is 0 Å². The van der Waals surface area contributed by atoms with Crippen molar-refractivity contribution in [2.75, 3.05) is 5.01 Å². The molecule has 30 heavy (non-hydrogen) atoms. The zero-order valence-corrected chi connectivity index (χ0v) is 18.7. The first-order valence-corrected chi connectivity index (χ1v) is 11.7. The summed E-state index contributed by atoms with van der Waals surface area (Å²) in [5.74, 6) is 0.155. The number of anilines is 1. The van der Waals surface area contributed by atoms with Crippen LogP contribution < -0.4 is 10.1 Å². The Bertz CT molecular complexity index is 1230. The van der Waals surface area contributed by atoms with E-state index >= 15 is 0 Å². The molecule has 154 valence electrons. The number of aromatic hydroxyl groups is 1. The Morgan fingerprint density at radius 3 is 2.37 bits per heavy atom. The molecule has 3 aromatic carbocycles. The summed E-state index contributed by atoms with van der Waals surface area (Å²) in [5, 5.41) is 22.9. The molecule has 0 radical (unpaired) electrons. The Kier molecular flexibility index (Phi) is 5.59. The highest BCUT2D eigenvalue weighted by Gasteiger charge is 2.32. The Balaban J connectivity index is 1.79. The van der Waals surface area contributed by atoms with Gasteiger partial charge in [0.2, 0.25) is 10.0 Å². The van der Waals surface area contributed by atoms with Gasteiger partial charge in [0.25, 0.3) is 0 Å². The third-order valence-electron chi connectivity index (χ3n) is 4.87. The molecular formula is C21H17BrClN3O3S. The zero-order valence-electron chi connectivity index (χ0n) is 15.5. The second-order valence-corrected chi connectivity index (χ2v) is 9.77. The number of phenolic OH excluding ortho intramolecular Hbond substituents is 1. The fraction of sp³-hybridized carbons (Fsp3) is 0.0952. The van der Waals surface area contributed by atoms with E-state index in [1.807, 2.05) is 18.2 Å². The van der Waals surface area contributed by atoms with E-state index in [-0.39, 0.29) is 16.7 Å². The number of hydrogen-bond acceptors (Lipinski definition) is 5. The maximum Gasteiger partial charge on any atom is 0.238 e.